The number of nitrogens with one attached hydrogen (secondary N) is 2. The van der Waals surface area contributed by atoms with Gasteiger partial charge in [0.05, 0.1) is 18.8 Å². The molecule has 22 heavy (non-hydrogen) atoms. The van der Waals surface area contributed by atoms with E-state index in [9.17, 15) is 4.79 Å². The number of rotatable bonds is 7. The molecule has 3 aromatic heterocycles. The van der Waals surface area contributed by atoms with Gasteiger partial charge in [-0.25, -0.2) is 4.98 Å². The van der Waals surface area contributed by atoms with Crippen LogP contribution >= 0.6 is 11.3 Å². The first-order chi connectivity index (χ1) is 10.8. The Bertz CT molecular complexity index is 640. The van der Waals surface area contributed by atoms with Crippen molar-refractivity contribution in [2.45, 2.75) is 18.9 Å². The summed E-state index contributed by atoms with van der Waals surface area (Å²) in [6, 6.07) is 6.09. The van der Waals surface area contributed by atoms with Crippen LogP contribution in [0.25, 0.3) is 0 Å². The van der Waals surface area contributed by atoms with Gasteiger partial charge in [0.2, 0.25) is 5.91 Å². The van der Waals surface area contributed by atoms with Gasteiger partial charge in [0.1, 0.15) is 0 Å². The third-order valence-electron chi connectivity index (χ3n) is 3.57. The number of carbonyl (C=O) groups is 1. The van der Waals surface area contributed by atoms with Crippen molar-refractivity contribution in [3.05, 3.63) is 65.1 Å². The van der Waals surface area contributed by atoms with Crippen LogP contribution in [0.4, 0.5) is 0 Å². The van der Waals surface area contributed by atoms with E-state index in [0.717, 1.165) is 12.1 Å². The third-order valence-corrected chi connectivity index (χ3v) is 4.27. The topological polar surface area (TPSA) is 62.7 Å². The second-order valence-electron chi connectivity index (χ2n) is 5.08. The zero-order valence-electron chi connectivity index (χ0n) is 12.1. The Morgan fingerprint density at radius 1 is 1.41 bits per heavy atom. The molecule has 3 heterocycles. The van der Waals surface area contributed by atoms with Crippen LogP contribution in [0.3, 0.4) is 0 Å². The average Bonchev–Trinajstić information content (AvgIpc) is 3.26. The Morgan fingerprint density at radius 3 is 2.95 bits per heavy atom. The van der Waals surface area contributed by atoms with Crippen LogP contribution in [0.5, 0.6) is 0 Å². The van der Waals surface area contributed by atoms with E-state index in [1.807, 2.05) is 29.9 Å². The molecule has 1 atom stereocenters. The second-order valence-corrected chi connectivity index (χ2v) is 5.86. The van der Waals surface area contributed by atoms with Gasteiger partial charge >= 0.3 is 0 Å². The van der Waals surface area contributed by atoms with Crippen molar-refractivity contribution in [2.24, 2.45) is 0 Å². The van der Waals surface area contributed by atoms with Gasteiger partial charge in [-0.1, -0.05) is 0 Å². The molecule has 0 aliphatic heterocycles. The summed E-state index contributed by atoms with van der Waals surface area (Å²) in [5, 5.41) is 7.12. The van der Waals surface area contributed by atoms with E-state index >= 15 is 0 Å². The van der Waals surface area contributed by atoms with Crippen LogP contribution in [0, 0.1) is 0 Å². The molecule has 3 rings (SSSR count). The number of H-pyrrole nitrogens is 1. The van der Waals surface area contributed by atoms with E-state index < -0.39 is 0 Å². The summed E-state index contributed by atoms with van der Waals surface area (Å²) in [6.45, 7) is 0.614. The van der Waals surface area contributed by atoms with Gasteiger partial charge in [-0.2, -0.15) is 11.3 Å². The predicted octanol–water partition coefficient (Wildman–Crippen LogP) is 2.61. The minimum Gasteiger partial charge on any atom is -0.356 e. The summed E-state index contributed by atoms with van der Waals surface area (Å²) in [5.74, 6) is 0.0596. The SMILES string of the molecule is O=C(C[C@H](c1ccsc1)n1cccc1)NCCc1cnc[nH]1. The summed E-state index contributed by atoms with van der Waals surface area (Å²) in [5.41, 5.74) is 2.20. The maximum absolute atomic E-state index is 12.2. The molecule has 0 saturated carbocycles. The van der Waals surface area contributed by atoms with E-state index in [0.29, 0.717) is 13.0 Å². The fourth-order valence-electron chi connectivity index (χ4n) is 2.42. The first-order valence-electron chi connectivity index (χ1n) is 7.21. The van der Waals surface area contributed by atoms with Crippen molar-refractivity contribution >= 4 is 17.2 Å². The van der Waals surface area contributed by atoms with Crippen LogP contribution in [0.1, 0.15) is 23.7 Å². The highest BCUT2D eigenvalue weighted by Gasteiger charge is 2.17. The van der Waals surface area contributed by atoms with Crippen molar-refractivity contribution in [2.75, 3.05) is 6.54 Å². The Kier molecular flexibility index (Phi) is 4.70. The van der Waals surface area contributed by atoms with E-state index in [4.69, 9.17) is 0 Å². The number of aromatic amines is 1. The van der Waals surface area contributed by atoms with Gasteiger partial charge < -0.3 is 14.9 Å². The number of imidazole rings is 1. The summed E-state index contributed by atoms with van der Waals surface area (Å²) >= 11 is 1.65. The first-order valence-corrected chi connectivity index (χ1v) is 8.15. The van der Waals surface area contributed by atoms with Crippen LogP contribution in [0.15, 0.2) is 53.9 Å². The van der Waals surface area contributed by atoms with E-state index in [2.05, 4.69) is 31.3 Å². The molecule has 2 N–H and O–H groups in total. The quantitative estimate of drug-likeness (QED) is 0.704. The van der Waals surface area contributed by atoms with Gasteiger partial charge in [0.15, 0.2) is 0 Å². The molecule has 0 aliphatic rings. The van der Waals surface area contributed by atoms with Crippen LogP contribution in [0.2, 0.25) is 0 Å². The molecule has 5 nitrogen and oxygen atoms in total. The molecule has 0 unspecified atom stereocenters. The van der Waals surface area contributed by atoms with E-state index in [1.165, 1.54) is 5.56 Å². The highest BCUT2D eigenvalue weighted by atomic mass is 32.1. The number of hydrogen-bond donors (Lipinski definition) is 2. The predicted molar refractivity (Wildman–Crippen MR) is 86.8 cm³/mol. The number of amides is 1. The molecule has 0 aliphatic carbocycles. The smallest absolute Gasteiger partial charge is 0.222 e. The van der Waals surface area contributed by atoms with Gasteiger partial charge in [-0.3, -0.25) is 4.79 Å². The number of thiophene rings is 1. The van der Waals surface area contributed by atoms with Crippen molar-refractivity contribution in [3.63, 3.8) is 0 Å². The number of carbonyl (C=O) groups excluding carboxylic acids is 1. The molecular weight excluding hydrogens is 296 g/mol. The van der Waals surface area contributed by atoms with Gasteiger partial charge in [-0.05, 0) is 34.5 Å². The Labute approximate surface area is 133 Å². The largest absolute Gasteiger partial charge is 0.356 e. The normalized spacial score (nSPS) is 12.2. The van der Waals surface area contributed by atoms with Gasteiger partial charge in [0.25, 0.3) is 0 Å². The summed E-state index contributed by atoms with van der Waals surface area (Å²) in [6.07, 6.45) is 8.63. The lowest BCUT2D eigenvalue weighted by molar-refractivity contribution is -0.121. The zero-order valence-corrected chi connectivity index (χ0v) is 12.9. The average molecular weight is 314 g/mol. The minimum atomic E-state index is 0.0494. The molecule has 0 bridgehead atoms. The molecule has 0 radical (unpaired) electrons. The molecule has 0 fully saturated rings. The summed E-state index contributed by atoms with van der Waals surface area (Å²) in [7, 11) is 0. The lowest BCUT2D eigenvalue weighted by Gasteiger charge is -2.18. The minimum absolute atomic E-state index is 0.0494. The van der Waals surface area contributed by atoms with Crippen molar-refractivity contribution in [1.29, 1.82) is 0 Å². The molecule has 1 amide bonds. The fraction of sp³-hybridized carbons (Fsp3) is 0.250. The second kappa shape index (κ2) is 7.09. The maximum Gasteiger partial charge on any atom is 0.222 e. The van der Waals surface area contributed by atoms with E-state index in [-0.39, 0.29) is 11.9 Å². The van der Waals surface area contributed by atoms with Crippen LogP contribution in [-0.4, -0.2) is 27.0 Å². The van der Waals surface area contributed by atoms with Gasteiger partial charge in [0, 0.05) is 37.3 Å². The standard InChI is InChI=1S/C16H18N4OS/c21-16(18-5-3-14-10-17-12-19-14)9-15(13-4-8-22-11-13)20-6-1-2-7-20/h1-2,4,6-8,10-12,15H,3,5,9H2,(H,17,19)(H,18,21)/t15-/m1/s1. The van der Waals surface area contributed by atoms with Crippen molar-refractivity contribution < 1.29 is 4.79 Å². The zero-order chi connectivity index (χ0) is 15.2. The molecule has 6 heteroatoms. The molecule has 0 aromatic carbocycles. The van der Waals surface area contributed by atoms with Crippen molar-refractivity contribution in [1.82, 2.24) is 19.9 Å². The van der Waals surface area contributed by atoms with Crippen molar-refractivity contribution in [3.8, 4) is 0 Å². The number of aromatic nitrogens is 3. The summed E-state index contributed by atoms with van der Waals surface area (Å²) in [4.78, 5) is 19.2. The first kappa shape index (κ1) is 14.6. The lowest BCUT2D eigenvalue weighted by atomic mass is 10.1. The van der Waals surface area contributed by atoms with Gasteiger partial charge in [-0.15, -0.1) is 0 Å². The molecule has 114 valence electrons. The molecule has 3 aromatic rings. The lowest BCUT2D eigenvalue weighted by Crippen LogP contribution is -2.28. The van der Waals surface area contributed by atoms with Crippen LogP contribution in [-0.2, 0) is 11.2 Å². The van der Waals surface area contributed by atoms with E-state index in [1.54, 1.807) is 23.9 Å². The summed E-state index contributed by atoms with van der Waals surface area (Å²) < 4.78 is 2.08. The molecule has 0 spiro atoms. The highest BCUT2D eigenvalue weighted by molar-refractivity contribution is 7.07. The van der Waals surface area contributed by atoms with Crippen LogP contribution < -0.4 is 5.32 Å². The Balaban J connectivity index is 1.57. The number of nitrogens with zero attached hydrogens (tertiary/aromatic N) is 2. The molecule has 0 saturated heterocycles. The Hall–Kier alpha value is -2.34. The number of hydrogen-bond acceptors (Lipinski definition) is 3. The monoisotopic (exact) mass is 314 g/mol. The highest BCUT2D eigenvalue weighted by Crippen LogP contribution is 2.24. The maximum atomic E-state index is 12.2. The third kappa shape index (κ3) is 3.65. The fourth-order valence-corrected chi connectivity index (χ4v) is 3.13. The Morgan fingerprint density at radius 2 is 2.27 bits per heavy atom. The molecular formula is C16H18N4OS.